The van der Waals surface area contributed by atoms with Crippen molar-refractivity contribution in [3.05, 3.63) is 60.7 Å². The summed E-state index contributed by atoms with van der Waals surface area (Å²) < 4.78 is 12.2. The molecule has 0 bridgehead atoms. The minimum atomic E-state index is -3.40. The van der Waals surface area contributed by atoms with Gasteiger partial charge in [-0.25, -0.2) is 0 Å². The molecule has 0 amide bonds. The average Bonchev–Trinajstić information content (AvgIpc) is 2.31. The van der Waals surface area contributed by atoms with Gasteiger partial charge >= 0.3 is 18.9 Å². The molecule has 0 atom stereocenters. The molecule has 0 aromatic heterocycles. The summed E-state index contributed by atoms with van der Waals surface area (Å²) in [7, 11) is -3.40. The zero-order chi connectivity index (χ0) is 10.7. The summed E-state index contributed by atoms with van der Waals surface area (Å²) in [4.78, 5) is 10.0. The first-order valence-corrected chi connectivity index (χ1v) is 6.31. The zero-order valence-corrected chi connectivity index (χ0v) is 8.97. The van der Waals surface area contributed by atoms with Crippen LogP contribution < -0.4 is 10.6 Å². The SMILES string of the molecule is O=P(O)(c1ccccc1)c1ccccc1.[LiH]. The Hall–Kier alpha value is -0.773. The molecule has 0 spiro atoms. The Kier molecular flexibility index (Phi) is 4.59. The van der Waals surface area contributed by atoms with Crippen LogP contribution in [0.2, 0.25) is 0 Å². The van der Waals surface area contributed by atoms with Crippen LogP contribution in [-0.2, 0) is 4.57 Å². The van der Waals surface area contributed by atoms with E-state index in [1.54, 1.807) is 48.5 Å². The van der Waals surface area contributed by atoms with Crippen molar-refractivity contribution in [1.29, 1.82) is 0 Å². The summed E-state index contributed by atoms with van der Waals surface area (Å²) >= 11 is 0. The van der Waals surface area contributed by atoms with Gasteiger partial charge in [0.05, 0.1) is 0 Å². The summed E-state index contributed by atoms with van der Waals surface area (Å²) in [6.07, 6.45) is 0. The van der Waals surface area contributed by atoms with Crippen molar-refractivity contribution < 1.29 is 9.46 Å². The number of rotatable bonds is 2. The van der Waals surface area contributed by atoms with Gasteiger partial charge in [-0.15, -0.1) is 0 Å². The van der Waals surface area contributed by atoms with Crippen LogP contribution in [0.15, 0.2) is 60.7 Å². The molecule has 0 aliphatic heterocycles. The van der Waals surface area contributed by atoms with Crippen molar-refractivity contribution in [1.82, 2.24) is 0 Å². The van der Waals surface area contributed by atoms with Gasteiger partial charge in [-0.05, 0) is 24.3 Å². The van der Waals surface area contributed by atoms with Gasteiger partial charge in [-0.3, -0.25) is 4.57 Å². The van der Waals surface area contributed by atoms with Gasteiger partial charge in [0.2, 0.25) is 0 Å². The standard InChI is InChI=1S/C12H11O2P.Li.H/c13-15(14,11-7-3-1-4-8-11)12-9-5-2-6-10-12;;/h1-10H,(H,13,14);;. The molecule has 4 heteroatoms. The van der Waals surface area contributed by atoms with E-state index in [9.17, 15) is 9.46 Å². The number of benzene rings is 2. The maximum absolute atomic E-state index is 12.2. The normalized spacial score (nSPS) is 10.6. The summed E-state index contributed by atoms with van der Waals surface area (Å²) in [5.74, 6) is 0. The minimum absolute atomic E-state index is 0. The molecule has 2 nitrogen and oxygen atoms in total. The molecule has 0 heterocycles. The van der Waals surface area contributed by atoms with Crippen molar-refractivity contribution >= 4 is 36.8 Å². The maximum atomic E-state index is 12.2. The van der Waals surface area contributed by atoms with E-state index in [2.05, 4.69) is 0 Å². The Balaban J connectivity index is 0.00000128. The zero-order valence-electron chi connectivity index (χ0n) is 8.08. The van der Waals surface area contributed by atoms with E-state index in [0.29, 0.717) is 10.6 Å². The summed E-state index contributed by atoms with van der Waals surface area (Å²) in [5.41, 5.74) is 0. The second-order valence-corrected chi connectivity index (χ2v) is 5.43. The fourth-order valence-electron chi connectivity index (χ4n) is 1.41. The molecular weight excluding hydrogens is 214 g/mol. The first-order valence-electron chi connectivity index (χ1n) is 4.65. The topological polar surface area (TPSA) is 37.3 Å². The first-order chi connectivity index (χ1) is 7.21. The molecule has 2 aromatic carbocycles. The molecule has 0 saturated heterocycles. The van der Waals surface area contributed by atoms with Crippen LogP contribution in [-0.4, -0.2) is 23.8 Å². The molecule has 0 fully saturated rings. The Bertz CT molecular complexity index is 441. The molecule has 0 aliphatic carbocycles. The average molecular weight is 226 g/mol. The molecule has 2 aromatic rings. The second kappa shape index (κ2) is 5.52. The molecule has 0 unspecified atom stereocenters. The van der Waals surface area contributed by atoms with Crippen LogP contribution >= 0.6 is 7.37 Å². The Morgan fingerprint density at radius 2 is 1.06 bits per heavy atom. The van der Waals surface area contributed by atoms with E-state index in [1.165, 1.54) is 0 Å². The van der Waals surface area contributed by atoms with Crippen molar-refractivity contribution in [2.75, 3.05) is 0 Å². The number of hydrogen-bond donors (Lipinski definition) is 1. The second-order valence-electron chi connectivity index (χ2n) is 3.25. The van der Waals surface area contributed by atoms with Crippen LogP contribution in [0.1, 0.15) is 0 Å². The first kappa shape index (κ1) is 13.3. The van der Waals surface area contributed by atoms with Crippen molar-refractivity contribution in [2.24, 2.45) is 0 Å². The van der Waals surface area contributed by atoms with Gasteiger partial charge < -0.3 is 4.89 Å². The Morgan fingerprint density at radius 1 is 0.750 bits per heavy atom. The third-order valence-corrected chi connectivity index (χ3v) is 4.21. The summed E-state index contributed by atoms with van der Waals surface area (Å²) in [6.45, 7) is 0. The predicted octanol–water partition coefficient (Wildman–Crippen LogP) is 1.26. The van der Waals surface area contributed by atoms with Gasteiger partial charge in [0.1, 0.15) is 0 Å². The Morgan fingerprint density at radius 3 is 1.38 bits per heavy atom. The Labute approximate surface area is 107 Å². The van der Waals surface area contributed by atoms with Gasteiger partial charge in [-0.2, -0.15) is 0 Å². The van der Waals surface area contributed by atoms with Gasteiger partial charge in [0.25, 0.3) is 7.37 Å². The quantitative estimate of drug-likeness (QED) is 0.618. The molecule has 16 heavy (non-hydrogen) atoms. The third kappa shape index (κ3) is 2.67. The van der Waals surface area contributed by atoms with E-state index >= 15 is 0 Å². The van der Waals surface area contributed by atoms with Crippen LogP contribution in [0.3, 0.4) is 0 Å². The molecule has 1 N–H and O–H groups in total. The van der Waals surface area contributed by atoms with Crippen molar-refractivity contribution in [3.8, 4) is 0 Å². The molecular formula is C12H12LiO2P. The molecule has 78 valence electrons. The van der Waals surface area contributed by atoms with Gasteiger partial charge in [-0.1, -0.05) is 36.4 Å². The van der Waals surface area contributed by atoms with Crippen molar-refractivity contribution in [3.63, 3.8) is 0 Å². The predicted molar refractivity (Wildman–Crippen MR) is 69.1 cm³/mol. The van der Waals surface area contributed by atoms with Crippen LogP contribution in [0.25, 0.3) is 0 Å². The van der Waals surface area contributed by atoms with E-state index in [1.807, 2.05) is 12.1 Å². The van der Waals surface area contributed by atoms with Crippen molar-refractivity contribution in [2.45, 2.75) is 0 Å². The fourth-order valence-corrected chi connectivity index (χ4v) is 2.86. The van der Waals surface area contributed by atoms with Crippen LogP contribution in [0, 0.1) is 0 Å². The molecule has 2 rings (SSSR count). The van der Waals surface area contributed by atoms with Gasteiger partial charge in [0.15, 0.2) is 0 Å². The molecule has 0 aliphatic rings. The fraction of sp³-hybridized carbons (Fsp3) is 0. The van der Waals surface area contributed by atoms with E-state index in [0.717, 1.165) is 0 Å². The molecule has 0 radical (unpaired) electrons. The molecule has 0 saturated carbocycles. The summed E-state index contributed by atoms with van der Waals surface area (Å²) in [5, 5.41) is 0.937. The summed E-state index contributed by atoms with van der Waals surface area (Å²) in [6, 6.07) is 17.4. The van der Waals surface area contributed by atoms with Crippen LogP contribution in [0.4, 0.5) is 0 Å². The van der Waals surface area contributed by atoms with E-state index in [4.69, 9.17) is 0 Å². The third-order valence-electron chi connectivity index (χ3n) is 2.21. The van der Waals surface area contributed by atoms with E-state index in [-0.39, 0.29) is 18.9 Å². The monoisotopic (exact) mass is 226 g/mol. The van der Waals surface area contributed by atoms with Crippen LogP contribution in [0.5, 0.6) is 0 Å². The van der Waals surface area contributed by atoms with Gasteiger partial charge in [0, 0.05) is 10.6 Å². The number of hydrogen-bond acceptors (Lipinski definition) is 1. The van der Waals surface area contributed by atoms with E-state index < -0.39 is 7.37 Å².